The Morgan fingerprint density at radius 3 is 2.33 bits per heavy atom. The Labute approximate surface area is 179 Å². The fraction of sp³-hybridized carbons (Fsp3) is 0.565. The van der Waals surface area contributed by atoms with Crippen molar-refractivity contribution in [3.8, 4) is 0 Å². The van der Waals surface area contributed by atoms with E-state index in [0.29, 0.717) is 35.0 Å². The first-order chi connectivity index (χ1) is 14.4. The average Bonchev–Trinajstić information content (AvgIpc) is 3.35. The zero-order chi connectivity index (χ0) is 21.3. The first kappa shape index (κ1) is 21.1. The largest absolute Gasteiger partial charge is 0.356 e. The van der Waals surface area contributed by atoms with Crippen LogP contribution in [0.15, 0.2) is 34.2 Å². The van der Waals surface area contributed by atoms with Crippen molar-refractivity contribution in [2.45, 2.75) is 64.8 Å². The Morgan fingerprint density at radius 2 is 1.73 bits per heavy atom. The average molecular weight is 430 g/mol. The summed E-state index contributed by atoms with van der Waals surface area (Å²) in [5.41, 5.74) is 2.59. The second-order valence-corrected chi connectivity index (χ2v) is 10.2. The zero-order valence-corrected chi connectivity index (χ0v) is 18.7. The molecule has 30 heavy (non-hydrogen) atoms. The summed E-state index contributed by atoms with van der Waals surface area (Å²) in [7, 11) is -3.69. The molecule has 2 heterocycles. The Morgan fingerprint density at radius 1 is 1.10 bits per heavy atom. The Kier molecular flexibility index (Phi) is 6.00. The van der Waals surface area contributed by atoms with Gasteiger partial charge in [-0.1, -0.05) is 44.0 Å². The molecule has 1 amide bonds. The smallest absolute Gasteiger partial charge is 0.285 e. The highest BCUT2D eigenvalue weighted by Crippen LogP contribution is 2.34. The van der Waals surface area contributed by atoms with E-state index in [4.69, 9.17) is 0 Å². The van der Waals surface area contributed by atoms with Gasteiger partial charge in [0, 0.05) is 30.6 Å². The molecule has 162 valence electrons. The molecule has 0 aromatic heterocycles. The van der Waals surface area contributed by atoms with Gasteiger partial charge in [0.05, 0.1) is 0 Å². The normalized spacial score (nSPS) is 22.5. The number of aryl methyl sites for hydroxylation is 1. The second-order valence-electron chi connectivity index (χ2n) is 8.65. The molecule has 6 nitrogen and oxygen atoms in total. The molecule has 0 spiro atoms. The fourth-order valence-electron chi connectivity index (χ4n) is 4.82. The number of amides is 1. The molecule has 4 rings (SSSR count). The van der Waals surface area contributed by atoms with Crippen LogP contribution in [0.5, 0.6) is 0 Å². The molecule has 7 heteroatoms. The lowest BCUT2D eigenvalue weighted by atomic mass is 10.0. The van der Waals surface area contributed by atoms with Gasteiger partial charge in [0.15, 0.2) is 0 Å². The number of carbonyl (C=O) groups is 1. The Hall–Kier alpha value is -2.15. The lowest BCUT2D eigenvalue weighted by Crippen LogP contribution is -2.47. The summed E-state index contributed by atoms with van der Waals surface area (Å²) >= 11 is 0. The third kappa shape index (κ3) is 4.17. The van der Waals surface area contributed by atoms with Gasteiger partial charge in [0.25, 0.3) is 10.0 Å². The minimum atomic E-state index is -3.69. The summed E-state index contributed by atoms with van der Waals surface area (Å²) in [4.78, 5) is 14.8. The van der Waals surface area contributed by atoms with Crippen molar-refractivity contribution >= 4 is 26.7 Å². The van der Waals surface area contributed by atoms with E-state index in [1.807, 2.05) is 31.2 Å². The van der Waals surface area contributed by atoms with E-state index >= 15 is 0 Å². The van der Waals surface area contributed by atoms with E-state index < -0.39 is 10.0 Å². The molecule has 1 N–H and O–H groups in total. The van der Waals surface area contributed by atoms with Gasteiger partial charge in [-0.25, -0.2) is 0 Å². The van der Waals surface area contributed by atoms with E-state index in [0.717, 1.165) is 44.9 Å². The van der Waals surface area contributed by atoms with Crippen LogP contribution in [0.1, 0.15) is 63.5 Å². The number of likely N-dealkylation sites (tertiary alicyclic amines) is 1. The topological polar surface area (TPSA) is 78.8 Å². The Bertz CT molecular complexity index is 965. The van der Waals surface area contributed by atoms with Crippen LogP contribution in [0.25, 0.3) is 4.91 Å². The number of hydrogen-bond donors (Lipinski definition) is 1. The van der Waals surface area contributed by atoms with Crippen molar-refractivity contribution in [2.75, 3.05) is 13.1 Å². The van der Waals surface area contributed by atoms with E-state index in [-0.39, 0.29) is 17.9 Å². The van der Waals surface area contributed by atoms with Gasteiger partial charge >= 0.3 is 0 Å². The number of carbonyl (C=O) groups excluding carboxylic acids is 1. The van der Waals surface area contributed by atoms with Gasteiger partial charge in [-0.3, -0.25) is 4.79 Å². The number of nitrogens with zero attached hydrogens (tertiary/aromatic N) is 2. The molecule has 1 saturated heterocycles. The molecule has 1 saturated carbocycles. The van der Waals surface area contributed by atoms with Crippen molar-refractivity contribution in [3.05, 3.63) is 41.0 Å². The van der Waals surface area contributed by atoms with Crippen LogP contribution in [-0.2, 0) is 21.2 Å². The molecule has 1 aromatic carbocycles. The minimum Gasteiger partial charge on any atom is -0.356 e. The van der Waals surface area contributed by atoms with Gasteiger partial charge < -0.3 is 10.2 Å². The summed E-state index contributed by atoms with van der Waals surface area (Å²) in [5.74, 6) is 0.935. The van der Waals surface area contributed by atoms with Gasteiger partial charge in [0.2, 0.25) is 5.91 Å². The predicted molar refractivity (Wildman–Crippen MR) is 119 cm³/mol. The van der Waals surface area contributed by atoms with Crippen molar-refractivity contribution in [3.63, 3.8) is 0 Å². The minimum absolute atomic E-state index is 0.165. The number of sulfonamides is 1. The maximum atomic E-state index is 12.8. The summed E-state index contributed by atoms with van der Waals surface area (Å²) in [5, 5.41) is 3.21. The fourth-order valence-corrected chi connectivity index (χ4v) is 6.30. The third-order valence-corrected chi connectivity index (χ3v) is 8.10. The van der Waals surface area contributed by atoms with Crippen LogP contribution in [0, 0.1) is 5.92 Å². The van der Waals surface area contributed by atoms with E-state index in [2.05, 4.69) is 21.5 Å². The molecule has 2 aliphatic heterocycles. The number of rotatable bonds is 4. The van der Waals surface area contributed by atoms with Gasteiger partial charge in [-0.2, -0.15) is 8.42 Å². The van der Waals surface area contributed by atoms with Crippen LogP contribution in [0.3, 0.4) is 0 Å². The molecule has 1 aliphatic carbocycles. The molecule has 0 bridgehead atoms. The van der Waals surface area contributed by atoms with E-state index in [1.54, 1.807) is 0 Å². The highest BCUT2D eigenvalue weighted by atomic mass is 32.2. The van der Waals surface area contributed by atoms with Crippen molar-refractivity contribution in [1.29, 1.82) is 0 Å². The van der Waals surface area contributed by atoms with Gasteiger partial charge in [-0.15, -0.1) is 4.40 Å². The van der Waals surface area contributed by atoms with Crippen LogP contribution < -0.4 is 5.32 Å². The van der Waals surface area contributed by atoms with Crippen LogP contribution >= 0.6 is 0 Å². The van der Waals surface area contributed by atoms with Crippen LogP contribution in [0.4, 0.5) is 0 Å². The monoisotopic (exact) mass is 429 g/mol. The number of nitrogens with one attached hydrogen (secondary N) is 1. The van der Waals surface area contributed by atoms with Crippen molar-refractivity contribution < 1.29 is 13.2 Å². The Balaban J connectivity index is 1.44. The highest BCUT2D eigenvalue weighted by molar-refractivity contribution is 8.00. The molecule has 2 fully saturated rings. The van der Waals surface area contributed by atoms with Gasteiger partial charge in [0.1, 0.15) is 10.7 Å². The third-order valence-electron chi connectivity index (χ3n) is 6.63. The van der Waals surface area contributed by atoms with Crippen molar-refractivity contribution in [1.82, 2.24) is 10.2 Å². The first-order valence-electron chi connectivity index (χ1n) is 11.1. The van der Waals surface area contributed by atoms with Crippen LogP contribution in [0.2, 0.25) is 0 Å². The quantitative estimate of drug-likeness (QED) is 0.795. The number of amidine groups is 1. The maximum absolute atomic E-state index is 12.8. The SMILES string of the molecule is CCc1ccc(C2=C(C)C(N3CCC(NC(=O)C4CCCC4)CC3)=NS2(=O)=O)cc1. The second kappa shape index (κ2) is 8.53. The molecule has 0 radical (unpaired) electrons. The first-order valence-corrected chi connectivity index (χ1v) is 12.5. The summed E-state index contributed by atoms with van der Waals surface area (Å²) in [6.07, 6.45) is 6.85. The lowest BCUT2D eigenvalue weighted by molar-refractivity contribution is -0.125. The summed E-state index contributed by atoms with van der Waals surface area (Å²) < 4.78 is 29.7. The van der Waals surface area contributed by atoms with Crippen LogP contribution in [-0.4, -0.2) is 44.2 Å². The molecule has 1 aromatic rings. The summed E-state index contributed by atoms with van der Waals surface area (Å²) in [6, 6.07) is 7.86. The maximum Gasteiger partial charge on any atom is 0.285 e. The lowest BCUT2D eigenvalue weighted by Gasteiger charge is -2.34. The van der Waals surface area contributed by atoms with Gasteiger partial charge in [-0.05, 0) is 50.2 Å². The molecular formula is C23H31N3O3S. The summed E-state index contributed by atoms with van der Waals surface area (Å²) in [6.45, 7) is 5.32. The highest BCUT2D eigenvalue weighted by Gasteiger charge is 2.35. The predicted octanol–water partition coefficient (Wildman–Crippen LogP) is 3.49. The number of piperidine rings is 1. The standard InChI is InChI=1S/C23H31N3O3S/c1-3-17-8-10-18(11-9-17)21-16(2)22(25-30(21,28)29)26-14-12-20(13-15-26)24-23(27)19-6-4-5-7-19/h8-11,19-20H,3-7,12-15H2,1-2H3,(H,24,27). The van der Waals surface area contributed by atoms with E-state index in [1.165, 1.54) is 5.56 Å². The molecule has 3 aliphatic rings. The molecule has 0 atom stereocenters. The van der Waals surface area contributed by atoms with E-state index in [9.17, 15) is 13.2 Å². The molecular weight excluding hydrogens is 398 g/mol. The van der Waals surface area contributed by atoms with Crippen molar-refractivity contribution in [2.24, 2.45) is 10.3 Å². The zero-order valence-electron chi connectivity index (χ0n) is 17.9. The number of hydrogen-bond acceptors (Lipinski definition) is 4. The number of benzene rings is 1. The molecule has 0 unspecified atom stereocenters.